The molecule has 1 aromatic heterocycles. The first-order valence-electron chi connectivity index (χ1n) is 10.9. The molecule has 0 N–H and O–H groups in total. The average Bonchev–Trinajstić information content (AvgIpc) is 3.10. The summed E-state index contributed by atoms with van der Waals surface area (Å²) >= 11 is 0. The molecule has 3 aromatic rings. The first kappa shape index (κ1) is 22.3. The molecule has 0 atom stereocenters. The van der Waals surface area contributed by atoms with Crippen LogP contribution in [0.4, 0.5) is 13.2 Å². The lowest BCUT2D eigenvalue weighted by Gasteiger charge is -2.31. The van der Waals surface area contributed by atoms with Gasteiger partial charge in [0.2, 0.25) is 0 Å². The zero-order valence-electron chi connectivity index (χ0n) is 18.1. The fraction of sp³-hybridized carbons (Fsp3) is 0.417. The van der Waals surface area contributed by atoms with Crippen LogP contribution in [-0.2, 0) is 25.8 Å². The molecular formula is C24H27F3N4O. The number of benzene rings is 2. The maximum Gasteiger partial charge on any atom is 0.416 e. The van der Waals surface area contributed by atoms with E-state index in [1.807, 2.05) is 37.3 Å². The van der Waals surface area contributed by atoms with Crippen LogP contribution >= 0.6 is 0 Å². The summed E-state index contributed by atoms with van der Waals surface area (Å²) in [5, 5.41) is 4.67. The molecule has 0 aliphatic carbocycles. The molecule has 8 heteroatoms. The number of likely N-dealkylation sites (tertiary alicyclic amines) is 1. The highest BCUT2D eigenvalue weighted by atomic mass is 19.4. The fourth-order valence-electron chi connectivity index (χ4n) is 4.37. The minimum atomic E-state index is -4.33. The second kappa shape index (κ2) is 9.32. The third-order valence-electron chi connectivity index (χ3n) is 6.06. The topological polar surface area (TPSA) is 43.1 Å². The first-order valence-corrected chi connectivity index (χ1v) is 10.9. The molecule has 1 aliphatic heterocycles. The van der Waals surface area contributed by atoms with Crippen molar-refractivity contribution in [2.24, 2.45) is 0 Å². The number of hydrogen-bond acceptors (Lipinski definition) is 3. The van der Waals surface area contributed by atoms with E-state index in [0.717, 1.165) is 43.4 Å². The molecule has 0 unspecified atom stereocenters. The van der Waals surface area contributed by atoms with Gasteiger partial charge in [-0.25, -0.2) is 9.48 Å². The van der Waals surface area contributed by atoms with Crippen LogP contribution in [0.3, 0.4) is 0 Å². The molecule has 0 radical (unpaired) electrons. The van der Waals surface area contributed by atoms with Gasteiger partial charge in [0.05, 0.1) is 12.1 Å². The summed E-state index contributed by atoms with van der Waals surface area (Å²) in [4.78, 5) is 15.0. The molecule has 0 amide bonds. The number of alkyl halides is 3. The highest BCUT2D eigenvalue weighted by molar-refractivity contribution is 5.25. The third-order valence-corrected chi connectivity index (χ3v) is 6.06. The number of halogens is 3. The van der Waals surface area contributed by atoms with Gasteiger partial charge < -0.3 is 0 Å². The lowest BCUT2D eigenvalue weighted by molar-refractivity contribution is -0.137. The van der Waals surface area contributed by atoms with Crippen molar-refractivity contribution in [1.29, 1.82) is 0 Å². The molecular weight excluding hydrogens is 417 g/mol. The van der Waals surface area contributed by atoms with Crippen LogP contribution < -0.4 is 5.69 Å². The number of aromatic nitrogens is 3. The van der Waals surface area contributed by atoms with Gasteiger partial charge in [0.1, 0.15) is 5.82 Å². The fourth-order valence-corrected chi connectivity index (χ4v) is 4.37. The summed E-state index contributed by atoms with van der Waals surface area (Å²) < 4.78 is 42.2. The summed E-state index contributed by atoms with van der Waals surface area (Å²) in [6.07, 6.45) is -2.69. The van der Waals surface area contributed by atoms with E-state index in [2.05, 4.69) is 10.00 Å². The Morgan fingerprint density at radius 1 is 0.969 bits per heavy atom. The van der Waals surface area contributed by atoms with Crippen molar-refractivity contribution in [3.63, 3.8) is 0 Å². The number of piperidine rings is 1. The van der Waals surface area contributed by atoms with E-state index in [9.17, 15) is 18.0 Å². The van der Waals surface area contributed by atoms with Crippen LogP contribution in [0.15, 0.2) is 59.4 Å². The van der Waals surface area contributed by atoms with Crippen LogP contribution in [0, 0.1) is 0 Å². The van der Waals surface area contributed by atoms with Crippen LogP contribution in [-0.4, -0.2) is 32.3 Å². The van der Waals surface area contributed by atoms with Gasteiger partial charge in [-0.05, 0) is 50.0 Å². The van der Waals surface area contributed by atoms with Crippen molar-refractivity contribution in [2.45, 2.75) is 51.5 Å². The first-order chi connectivity index (χ1) is 15.3. The van der Waals surface area contributed by atoms with Gasteiger partial charge in [0, 0.05) is 19.0 Å². The maximum absolute atomic E-state index is 13.0. The maximum atomic E-state index is 13.0. The van der Waals surface area contributed by atoms with Gasteiger partial charge in [0.25, 0.3) is 0 Å². The molecule has 32 heavy (non-hydrogen) atoms. The van der Waals surface area contributed by atoms with Crippen LogP contribution in [0.5, 0.6) is 0 Å². The largest absolute Gasteiger partial charge is 0.416 e. The monoisotopic (exact) mass is 444 g/mol. The smallest absolute Gasteiger partial charge is 0.299 e. The third kappa shape index (κ3) is 4.96. The Kier molecular flexibility index (Phi) is 6.50. The Labute approximate surface area is 185 Å². The molecule has 1 saturated heterocycles. The van der Waals surface area contributed by atoms with Crippen molar-refractivity contribution in [1.82, 2.24) is 19.2 Å². The second-order valence-corrected chi connectivity index (χ2v) is 8.28. The van der Waals surface area contributed by atoms with Crippen molar-refractivity contribution in [3.05, 3.63) is 87.6 Å². The molecule has 2 aromatic carbocycles. The van der Waals surface area contributed by atoms with Gasteiger partial charge >= 0.3 is 11.9 Å². The van der Waals surface area contributed by atoms with Gasteiger partial charge in [-0.15, -0.1) is 0 Å². The number of rotatable bonds is 6. The lowest BCUT2D eigenvalue weighted by atomic mass is 9.95. The SMILES string of the molecule is CCn1c(C2CCN(Cc3cccc(C(F)(F)F)c3)CC2)nn(Cc2ccccc2)c1=O. The molecule has 2 heterocycles. The molecule has 0 saturated carbocycles. The Morgan fingerprint density at radius 2 is 1.66 bits per heavy atom. The molecule has 0 spiro atoms. The van der Waals surface area contributed by atoms with E-state index in [1.165, 1.54) is 16.8 Å². The Bertz CT molecular complexity index is 1100. The lowest BCUT2D eigenvalue weighted by Crippen LogP contribution is -2.34. The predicted molar refractivity (Wildman–Crippen MR) is 116 cm³/mol. The van der Waals surface area contributed by atoms with Gasteiger partial charge in [-0.3, -0.25) is 9.47 Å². The molecule has 0 bridgehead atoms. The van der Waals surface area contributed by atoms with Crippen molar-refractivity contribution in [2.75, 3.05) is 13.1 Å². The number of nitrogens with zero attached hydrogens (tertiary/aromatic N) is 4. The summed E-state index contributed by atoms with van der Waals surface area (Å²) in [7, 11) is 0. The van der Waals surface area contributed by atoms with Crippen molar-refractivity contribution < 1.29 is 13.2 Å². The van der Waals surface area contributed by atoms with E-state index in [4.69, 9.17) is 0 Å². The summed E-state index contributed by atoms with van der Waals surface area (Å²) in [6.45, 7) is 4.94. The predicted octanol–water partition coefficient (Wildman–Crippen LogP) is 4.51. The van der Waals surface area contributed by atoms with E-state index in [-0.39, 0.29) is 11.6 Å². The Balaban J connectivity index is 1.43. The van der Waals surface area contributed by atoms with Crippen LogP contribution in [0.2, 0.25) is 0 Å². The van der Waals surface area contributed by atoms with Gasteiger partial charge in [-0.2, -0.15) is 18.3 Å². The average molecular weight is 445 g/mol. The second-order valence-electron chi connectivity index (χ2n) is 8.28. The molecule has 4 rings (SSSR count). The highest BCUT2D eigenvalue weighted by Crippen LogP contribution is 2.31. The summed E-state index contributed by atoms with van der Waals surface area (Å²) in [6, 6.07) is 15.3. The normalized spacial score (nSPS) is 15.9. The van der Waals surface area contributed by atoms with E-state index in [0.29, 0.717) is 25.2 Å². The molecule has 5 nitrogen and oxygen atoms in total. The van der Waals surface area contributed by atoms with Crippen molar-refractivity contribution in [3.8, 4) is 0 Å². The quantitative estimate of drug-likeness (QED) is 0.562. The van der Waals surface area contributed by atoms with E-state index >= 15 is 0 Å². The van der Waals surface area contributed by atoms with E-state index < -0.39 is 11.7 Å². The molecule has 170 valence electrons. The zero-order valence-corrected chi connectivity index (χ0v) is 18.1. The van der Waals surface area contributed by atoms with Crippen molar-refractivity contribution >= 4 is 0 Å². The molecule has 1 aliphatic rings. The standard InChI is InChI=1S/C24H27F3N4O/c1-2-30-22(28-31(23(30)32)17-18-7-4-3-5-8-18)20-11-13-29(14-12-20)16-19-9-6-10-21(15-19)24(25,26)27/h3-10,15,20H,2,11-14,16-17H2,1H3. The van der Waals surface area contributed by atoms with Gasteiger partial charge in [-0.1, -0.05) is 48.5 Å². The zero-order chi connectivity index (χ0) is 22.7. The minimum Gasteiger partial charge on any atom is -0.299 e. The number of hydrogen-bond donors (Lipinski definition) is 0. The summed E-state index contributed by atoms with van der Waals surface area (Å²) in [5.41, 5.74) is 0.979. The van der Waals surface area contributed by atoms with Crippen LogP contribution in [0.1, 0.15) is 48.2 Å². The Morgan fingerprint density at radius 3 is 2.31 bits per heavy atom. The van der Waals surface area contributed by atoms with E-state index in [1.54, 1.807) is 10.6 Å². The minimum absolute atomic E-state index is 0.0993. The van der Waals surface area contributed by atoms with Gasteiger partial charge in [0.15, 0.2) is 0 Å². The highest BCUT2D eigenvalue weighted by Gasteiger charge is 2.31. The summed E-state index contributed by atoms with van der Waals surface area (Å²) in [5.74, 6) is 0.976. The Hall–Kier alpha value is -2.87. The molecule has 1 fully saturated rings. The van der Waals surface area contributed by atoms with Crippen LogP contribution in [0.25, 0.3) is 0 Å².